The van der Waals surface area contributed by atoms with E-state index in [9.17, 15) is 0 Å². The summed E-state index contributed by atoms with van der Waals surface area (Å²) in [6.07, 6.45) is 4.99. The summed E-state index contributed by atoms with van der Waals surface area (Å²) < 4.78 is 16.6. The van der Waals surface area contributed by atoms with Crippen molar-refractivity contribution in [2.45, 2.75) is 32.7 Å². The third-order valence-electron chi connectivity index (χ3n) is 5.68. The summed E-state index contributed by atoms with van der Waals surface area (Å²) in [6, 6.07) is 5.51. The van der Waals surface area contributed by atoms with E-state index in [0.29, 0.717) is 42.4 Å². The zero-order chi connectivity index (χ0) is 24.2. The molecule has 35 heavy (non-hydrogen) atoms. The molecule has 5 heterocycles. The fourth-order valence-corrected chi connectivity index (χ4v) is 3.84. The molecule has 0 saturated carbocycles. The van der Waals surface area contributed by atoms with Gasteiger partial charge in [0.1, 0.15) is 23.8 Å². The molecular formula is C23H27N9O3. The van der Waals surface area contributed by atoms with Crippen LogP contribution in [-0.2, 0) is 11.2 Å². The number of rotatable bonds is 10. The molecular weight excluding hydrogens is 450 g/mol. The topological polar surface area (TPSA) is 140 Å². The number of hydrogen-bond acceptors (Lipinski definition) is 11. The number of nitrogens with zero attached hydrogens (tertiary/aromatic N) is 7. The number of H-pyrrole nitrogens is 1. The molecule has 0 bridgehead atoms. The second-order valence-electron chi connectivity index (χ2n) is 8.11. The molecule has 0 radical (unpaired) electrons. The van der Waals surface area contributed by atoms with Crippen LogP contribution in [0.15, 0.2) is 35.1 Å². The van der Waals surface area contributed by atoms with Crippen LogP contribution in [-0.4, -0.2) is 62.2 Å². The Morgan fingerprint density at radius 3 is 2.77 bits per heavy atom. The van der Waals surface area contributed by atoms with Gasteiger partial charge < -0.3 is 24.2 Å². The van der Waals surface area contributed by atoms with Gasteiger partial charge in [-0.1, -0.05) is 12.1 Å². The van der Waals surface area contributed by atoms with Gasteiger partial charge >= 0.3 is 0 Å². The van der Waals surface area contributed by atoms with Gasteiger partial charge in [-0.15, -0.1) is 0 Å². The Morgan fingerprint density at radius 1 is 1.14 bits per heavy atom. The number of anilines is 3. The molecule has 12 nitrogen and oxygen atoms in total. The van der Waals surface area contributed by atoms with Gasteiger partial charge in [0.05, 0.1) is 18.3 Å². The van der Waals surface area contributed by atoms with Gasteiger partial charge in [0.25, 0.3) is 0 Å². The van der Waals surface area contributed by atoms with Crippen LogP contribution in [0.2, 0.25) is 0 Å². The first-order chi connectivity index (χ1) is 17.1. The van der Waals surface area contributed by atoms with Crippen LogP contribution in [0, 0.1) is 6.92 Å². The van der Waals surface area contributed by atoms with Crippen molar-refractivity contribution in [1.82, 2.24) is 35.3 Å². The summed E-state index contributed by atoms with van der Waals surface area (Å²) in [5.74, 6) is 2.93. The van der Waals surface area contributed by atoms with Crippen molar-refractivity contribution < 1.29 is 14.0 Å². The molecule has 0 unspecified atom stereocenters. The monoisotopic (exact) mass is 477 g/mol. The number of aryl methyl sites for hydroxylation is 2. The molecule has 2 N–H and O–H groups in total. The minimum Gasteiger partial charge on any atom is -0.475 e. The quantitative estimate of drug-likeness (QED) is 0.325. The van der Waals surface area contributed by atoms with Crippen molar-refractivity contribution in [3.63, 3.8) is 0 Å². The number of methoxy groups -OCH3 is 1. The molecule has 0 spiro atoms. The molecule has 182 valence electrons. The zero-order valence-corrected chi connectivity index (χ0v) is 19.9. The molecule has 1 aliphatic rings. The fourth-order valence-electron chi connectivity index (χ4n) is 3.84. The first-order valence-electron chi connectivity index (χ1n) is 11.5. The highest BCUT2D eigenvalue weighted by molar-refractivity contribution is 5.58. The predicted molar refractivity (Wildman–Crippen MR) is 128 cm³/mol. The first kappa shape index (κ1) is 22.7. The van der Waals surface area contributed by atoms with Crippen molar-refractivity contribution in [2.75, 3.05) is 37.1 Å². The molecule has 12 heteroatoms. The maximum atomic E-state index is 5.80. The van der Waals surface area contributed by atoms with E-state index in [1.165, 1.54) is 0 Å². The lowest BCUT2D eigenvalue weighted by atomic mass is 10.0. The normalized spacial score (nSPS) is 15.2. The van der Waals surface area contributed by atoms with E-state index in [-0.39, 0.29) is 6.04 Å². The summed E-state index contributed by atoms with van der Waals surface area (Å²) in [6.45, 7) is 5.58. The molecule has 1 fully saturated rings. The van der Waals surface area contributed by atoms with Gasteiger partial charge in [0.15, 0.2) is 11.6 Å². The van der Waals surface area contributed by atoms with Crippen molar-refractivity contribution >= 4 is 17.6 Å². The Morgan fingerprint density at radius 2 is 2.03 bits per heavy atom. The molecule has 0 amide bonds. The van der Waals surface area contributed by atoms with Crippen molar-refractivity contribution in [1.29, 1.82) is 0 Å². The van der Waals surface area contributed by atoms with Crippen LogP contribution in [0.3, 0.4) is 0 Å². The Kier molecular flexibility index (Phi) is 6.53. The van der Waals surface area contributed by atoms with Gasteiger partial charge in [-0.25, -0.2) is 0 Å². The van der Waals surface area contributed by atoms with E-state index in [1.54, 1.807) is 25.6 Å². The predicted octanol–water partition coefficient (Wildman–Crippen LogP) is 3.24. The summed E-state index contributed by atoms with van der Waals surface area (Å²) in [5, 5.41) is 14.6. The smallest absolute Gasteiger partial charge is 0.231 e. The maximum Gasteiger partial charge on any atom is 0.231 e. The van der Waals surface area contributed by atoms with E-state index >= 15 is 0 Å². The third kappa shape index (κ3) is 4.92. The molecule has 1 saturated heterocycles. The van der Waals surface area contributed by atoms with Crippen LogP contribution in [0.1, 0.15) is 36.5 Å². The molecule has 1 aliphatic heterocycles. The summed E-state index contributed by atoms with van der Waals surface area (Å²) in [4.78, 5) is 20.2. The minimum atomic E-state index is -0.0484. The Labute approximate surface area is 202 Å². The highest BCUT2D eigenvalue weighted by Gasteiger charge is 2.35. The lowest BCUT2D eigenvalue weighted by Crippen LogP contribution is -2.42. The first-order valence-corrected chi connectivity index (χ1v) is 11.5. The SMILES string of the molecule is CCc1nccnc1-c1cc([C@@H]2CCN2c2nc(Nc3cc(C)[nH]n3)cc(OCCOC)n2)on1. The lowest BCUT2D eigenvalue weighted by molar-refractivity contribution is 0.143. The Bertz CT molecular complexity index is 1290. The number of aromatic nitrogens is 7. The third-order valence-corrected chi connectivity index (χ3v) is 5.68. The van der Waals surface area contributed by atoms with E-state index in [4.69, 9.17) is 19.0 Å². The van der Waals surface area contributed by atoms with Crippen molar-refractivity contribution in [3.05, 3.63) is 47.7 Å². The van der Waals surface area contributed by atoms with Crippen LogP contribution in [0.25, 0.3) is 11.4 Å². The number of nitrogens with one attached hydrogen (secondary N) is 2. The molecule has 0 aliphatic carbocycles. The number of aromatic amines is 1. The fraction of sp³-hybridized carbons (Fsp3) is 0.391. The molecule has 4 aromatic rings. The van der Waals surface area contributed by atoms with Gasteiger partial charge in [0, 0.05) is 49.9 Å². The van der Waals surface area contributed by atoms with Gasteiger partial charge in [-0.05, 0) is 19.8 Å². The Hall–Kier alpha value is -4.06. The molecule has 4 aromatic heterocycles. The Balaban J connectivity index is 1.40. The largest absolute Gasteiger partial charge is 0.475 e. The second-order valence-corrected chi connectivity index (χ2v) is 8.11. The van der Waals surface area contributed by atoms with Gasteiger partial charge in [-0.2, -0.15) is 15.1 Å². The van der Waals surface area contributed by atoms with E-state index in [0.717, 1.165) is 42.2 Å². The summed E-state index contributed by atoms with van der Waals surface area (Å²) >= 11 is 0. The van der Waals surface area contributed by atoms with E-state index in [2.05, 4.69) is 40.5 Å². The molecule has 5 rings (SSSR count). The van der Waals surface area contributed by atoms with Gasteiger partial charge in [0.2, 0.25) is 11.8 Å². The van der Waals surface area contributed by atoms with Crippen molar-refractivity contribution in [2.24, 2.45) is 0 Å². The van der Waals surface area contributed by atoms with Gasteiger partial charge in [-0.3, -0.25) is 15.1 Å². The lowest BCUT2D eigenvalue weighted by Gasteiger charge is -2.39. The average Bonchev–Trinajstić information content (AvgIpc) is 3.47. The van der Waals surface area contributed by atoms with Crippen LogP contribution < -0.4 is 15.0 Å². The van der Waals surface area contributed by atoms with Crippen molar-refractivity contribution in [3.8, 4) is 17.3 Å². The minimum absolute atomic E-state index is 0.0484. The summed E-state index contributed by atoms with van der Waals surface area (Å²) in [5.41, 5.74) is 3.23. The number of ether oxygens (including phenoxy) is 2. The average molecular weight is 478 g/mol. The maximum absolute atomic E-state index is 5.80. The van der Waals surface area contributed by atoms with Crippen LogP contribution in [0.5, 0.6) is 5.88 Å². The molecule has 1 atom stereocenters. The highest BCUT2D eigenvalue weighted by atomic mass is 16.5. The summed E-state index contributed by atoms with van der Waals surface area (Å²) in [7, 11) is 1.63. The standard InChI is InChI=1S/C23H27N9O3/c1-4-15-22(25-7-6-24-15)16-12-18(35-31-16)17-5-8-32(17)23-27-19(26-20-11-14(2)29-30-20)13-21(28-23)34-10-9-33-3/h6-7,11-13,17H,4-5,8-10H2,1-3H3,(H2,26,27,28,29,30)/t17-/m0/s1. The second kappa shape index (κ2) is 10.1. The van der Waals surface area contributed by atoms with E-state index in [1.807, 2.05) is 26.0 Å². The van der Waals surface area contributed by atoms with E-state index < -0.39 is 0 Å². The van der Waals surface area contributed by atoms with Crippen LogP contribution >= 0.6 is 0 Å². The molecule has 0 aromatic carbocycles. The zero-order valence-electron chi connectivity index (χ0n) is 19.9. The highest BCUT2D eigenvalue weighted by Crippen LogP contribution is 2.38. The number of hydrogen-bond donors (Lipinski definition) is 2. The van der Waals surface area contributed by atoms with Crippen LogP contribution in [0.4, 0.5) is 17.6 Å².